The van der Waals surface area contributed by atoms with Gasteiger partial charge in [0.1, 0.15) is 0 Å². The largest absolute Gasteiger partial charge is 0.381 e. The number of benzene rings is 1. The summed E-state index contributed by atoms with van der Waals surface area (Å²) < 4.78 is 5.54. The third kappa shape index (κ3) is 3.95. The number of carbonyl (C=O) groups is 1. The molecule has 126 valence electrons. The van der Waals surface area contributed by atoms with E-state index >= 15 is 0 Å². The fourth-order valence-electron chi connectivity index (χ4n) is 4.05. The van der Waals surface area contributed by atoms with E-state index in [1.807, 2.05) is 18.2 Å². The van der Waals surface area contributed by atoms with Crippen LogP contribution in [0.4, 0.5) is 0 Å². The zero-order valence-corrected chi connectivity index (χ0v) is 14.1. The van der Waals surface area contributed by atoms with Crippen molar-refractivity contribution in [2.45, 2.75) is 69.2 Å². The van der Waals surface area contributed by atoms with Crippen LogP contribution in [0.2, 0.25) is 0 Å². The summed E-state index contributed by atoms with van der Waals surface area (Å²) in [7, 11) is 0. The molecule has 3 rings (SSSR count). The molecule has 3 nitrogen and oxygen atoms in total. The van der Waals surface area contributed by atoms with Gasteiger partial charge in [-0.15, -0.1) is 0 Å². The predicted molar refractivity (Wildman–Crippen MR) is 92.4 cm³/mol. The second kappa shape index (κ2) is 7.96. The number of carbonyl (C=O) groups excluding carboxylic acids is 1. The SMILES string of the molecule is O=C(NC1CCCCCCC1)C1(c2ccccc2)CCOCC1. The Morgan fingerprint density at radius 1 is 0.957 bits per heavy atom. The molecule has 0 atom stereocenters. The lowest BCUT2D eigenvalue weighted by Gasteiger charge is -2.37. The molecule has 0 bridgehead atoms. The van der Waals surface area contributed by atoms with Gasteiger partial charge >= 0.3 is 0 Å². The molecule has 0 unspecified atom stereocenters. The second-order valence-corrected chi connectivity index (χ2v) is 7.08. The first-order valence-electron chi connectivity index (χ1n) is 9.25. The zero-order chi connectivity index (χ0) is 16.0. The Kier molecular flexibility index (Phi) is 5.71. The molecule has 23 heavy (non-hydrogen) atoms. The van der Waals surface area contributed by atoms with Crippen molar-refractivity contribution in [2.24, 2.45) is 0 Å². The fraction of sp³-hybridized carbons (Fsp3) is 0.650. The van der Waals surface area contributed by atoms with Crippen LogP contribution in [-0.4, -0.2) is 25.2 Å². The second-order valence-electron chi connectivity index (χ2n) is 7.08. The number of ether oxygens (including phenoxy) is 1. The van der Waals surface area contributed by atoms with Gasteiger partial charge in [0, 0.05) is 19.3 Å². The van der Waals surface area contributed by atoms with E-state index in [2.05, 4.69) is 17.4 Å². The van der Waals surface area contributed by atoms with Crippen molar-refractivity contribution in [3.63, 3.8) is 0 Å². The van der Waals surface area contributed by atoms with E-state index < -0.39 is 5.41 Å². The van der Waals surface area contributed by atoms with Crippen LogP contribution in [0.5, 0.6) is 0 Å². The molecule has 1 aromatic rings. The first-order valence-corrected chi connectivity index (χ1v) is 9.25. The molecule has 2 aliphatic rings. The Morgan fingerprint density at radius 3 is 2.22 bits per heavy atom. The van der Waals surface area contributed by atoms with Crippen LogP contribution < -0.4 is 5.32 Å². The highest BCUT2D eigenvalue weighted by atomic mass is 16.5. The van der Waals surface area contributed by atoms with Gasteiger partial charge in [0.15, 0.2) is 0 Å². The quantitative estimate of drug-likeness (QED) is 0.917. The van der Waals surface area contributed by atoms with E-state index in [9.17, 15) is 4.79 Å². The van der Waals surface area contributed by atoms with E-state index in [1.165, 1.54) is 32.1 Å². The molecule has 0 aromatic heterocycles. The first-order chi connectivity index (χ1) is 11.3. The molecule has 1 saturated heterocycles. The maximum Gasteiger partial charge on any atom is 0.231 e. The van der Waals surface area contributed by atoms with Gasteiger partial charge in [-0.05, 0) is 31.2 Å². The van der Waals surface area contributed by atoms with Crippen molar-refractivity contribution in [3.8, 4) is 0 Å². The molecule has 1 N–H and O–H groups in total. The Bertz CT molecular complexity index is 486. The molecule has 1 aromatic carbocycles. The molecule has 1 aliphatic heterocycles. The fourth-order valence-corrected chi connectivity index (χ4v) is 4.05. The predicted octanol–water partition coefficient (Wildman–Crippen LogP) is 3.96. The average Bonchev–Trinajstić information content (AvgIpc) is 2.58. The van der Waals surface area contributed by atoms with Gasteiger partial charge in [0.2, 0.25) is 5.91 Å². The van der Waals surface area contributed by atoms with Gasteiger partial charge in [0.25, 0.3) is 0 Å². The van der Waals surface area contributed by atoms with Crippen LogP contribution in [0.3, 0.4) is 0 Å². The highest BCUT2D eigenvalue weighted by molar-refractivity contribution is 5.88. The highest BCUT2D eigenvalue weighted by Gasteiger charge is 2.42. The van der Waals surface area contributed by atoms with Crippen LogP contribution >= 0.6 is 0 Å². The van der Waals surface area contributed by atoms with Crippen LogP contribution in [0.25, 0.3) is 0 Å². The minimum atomic E-state index is -0.401. The van der Waals surface area contributed by atoms with Crippen LogP contribution in [-0.2, 0) is 14.9 Å². The third-order valence-electron chi connectivity index (χ3n) is 5.55. The average molecular weight is 315 g/mol. The number of hydrogen-bond acceptors (Lipinski definition) is 2. The van der Waals surface area contributed by atoms with E-state index in [-0.39, 0.29) is 5.91 Å². The zero-order valence-electron chi connectivity index (χ0n) is 14.1. The summed E-state index contributed by atoms with van der Waals surface area (Å²) in [5.74, 6) is 0.220. The lowest BCUT2D eigenvalue weighted by molar-refractivity contribution is -0.131. The van der Waals surface area contributed by atoms with E-state index in [0.29, 0.717) is 19.3 Å². The lowest BCUT2D eigenvalue weighted by Crippen LogP contribution is -2.51. The number of rotatable bonds is 3. The first kappa shape index (κ1) is 16.5. The number of hydrogen-bond donors (Lipinski definition) is 1. The molecular weight excluding hydrogens is 286 g/mol. The van der Waals surface area contributed by atoms with Gasteiger partial charge in [-0.1, -0.05) is 62.4 Å². The molecule has 1 aliphatic carbocycles. The summed E-state index contributed by atoms with van der Waals surface area (Å²) in [4.78, 5) is 13.2. The Balaban J connectivity index is 1.75. The van der Waals surface area contributed by atoms with Crippen molar-refractivity contribution in [2.75, 3.05) is 13.2 Å². The molecule has 1 saturated carbocycles. The third-order valence-corrected chi connectivity index (χ3v) is 5.55. The summed E-state index contributed by atoms with van der Waals surface area (Å²) in [5.41, 5.74) is 0.744. The summed E-state index contributed by atoms with van der Waals surface area (Å²) >= 11 is 0. The molecule has 0 spiro atoms. The molecule has 2 fully saturated rings. The van der Waals surface area contributed by atoms with Gasteiger partial charge in [0.05, 0.1) is 5.41 Å². The Labute approximate surface area is 139 Å². The maximum absolute atomic E-state index is 13.2. The van der Waals surface area contributed by atoms with Crippen molar-refractivity contribution in [3.05, 3.63) is 35.9 Å². The summed E-state index contributed by atoms with van der Waals surface area (Å²) in [6, 6.07) is 10.6. The monoisotopic (exact) mass is 315 g/mol. The molecule has 1 amide bonds. The standard InChI is InChI=1S/C20H29NO2/c22-19(21-18-11-7-2-1-3-8-12-18)20(13-15-23-16-14-20)17-9-5-4-6-10-17/h4-6,9-10,18H,1-3,7-8,11-16H2,(H,21,22). The molecular formula is C20H29NO2. The van der Waals surface area contributed by atoms with Gasteiger partial charge in [-0.2, -0.15) is 0 Å². The summed E-state index contributed by atoms with van der Waals surface area (Å²) in [5, 5.41) is 3.40. The molecule has 0 radical (unpaired) electrons. The molecule has 3 heteroatoms. The van der Waals surface area contributed by atoms with E-state index in [1.54, 1.807) is 0 Å². The van der Waals surface area contributed by atoms with Crippen molar-refractivity contribution in [1.82, 2.24) is 5.32 Å². The number of nitrogens with one attached hydrogen (secondary N) is 1. The normalized spacial score (nSPS) is 22.8. The van der Waals surface area contributed by atoms with Crippen LogP contribution in [0, 0.1) is 0 Å². The minimum absolute atomic E-state index is 0.220. The topological polar surface area (TPSA) is 38.3 Å². The van der Waals surface area contributed by atoms with Gasteiger partial charge in [-0.3, -0.25) is 4.79 Å². The molecule has 1 heterocycles. The Hall–Kier alpha value is -1.35. The smallest absolute Gasteiger partial charge is 0.231 e. The van der Waals surface area contributed by atoms with E-state index in [4.69, 9.17) is 4.74 Å². The van der Waals surface area contributed by atoms with Gasteiger partial charge < -0.3 is 10.1 Å². The maximum atomic E-state index is 13.2. The summed E-state index contributed by atoms with van der Waals surface area (Å²) in [6.45, 7) is 1.35. The lowest BCUT2D eigenvalue weighted by atomic mass is 9.73. The van der Waals surface area contributed by atoms with E-state index in [0.717, 1.165) is 31.2 Å². The van der Waals surface area contributed by atoms with Crippen molar-refractivity contribution >= 4 is 5.91 Å². The van der Waals surface area contributed by atoms with Crippen LogP contribution in [0.1, 0.15) is 63.4 Å². The van der Waals surface area contributed by atoms with Gasteiger partial charge in [-0.25, -0.2) is 0 Å². The van der Waals surface area contributed by atoms with Crippen molar-refractivity contribution < 1.29 is 9.53 Å². The number of amides is 1. The highest BCUT2D eigenvalue weighted by Crippen LogP contribution is 2.35. The summed E-state index contributed by atoms with van der Waals surface area (Å²) in [6.07, 6.45) is 10.3. The Morgan fingerprint density at radius 2 is 1.57 bits per heavy atom. The van der Waals surface area contributed by atoms with Crippen LogP contribution in [0.15, 0.2) is 30.3 Å². The van der Waals surface area contributed by atoms with Crippen molar-refractivity contribution in [1.29, 1.82) is 0 Å². The minimum Gasteiger partial charge on any atom is -0.381 e.